The molecule has 0 rings (SSSR count). The number of hydrogen-bond donors (Lipinski definition) is 3. The molecule has 0 aliphatic heterocycles. The molecule has 6 atom stereocenters. The van der Waals surface area contributed by atoms with Crippen LogP contribution in [0.5, 0.6) is 0 Å². The summed E-state index contributed by atoms with van der Waals surface area (Å²) in [5, 5.41) is 10.6. The number of esters is 4. The molecule has 0 aromatic heterocycles. The van der Waals surface area contributed by atoms with Gasteiger partial charge in [0, 0.05) is 25.7 Å². The van der Waals surface area contributed by atoms with Crippen LogP contribution >= 0.6 is 15.6 Å². The number of unbranched alkanes of at least 4 members (excludes halogenated alkanes) is 36. The molecule has 0 spiro atoms. The molecule has 552 valence electrons. The predicted octanol–water partition coefficient (Wildman–Crippen LogP) is 21.3. The molecule has 0 bridgehead atoms. The van der Waals surface area contributed by atoms with E-state index < -0.39 is 97.5 Å². The number of rotatable bonds is 71. The van der Waals surface area contributed by atoms with Crippen molar-refractivity contribution in [1.29, 1.82) is 0 Å². The third-order valence-corrected chi connectivity index (χ3v) is 19.3. The lowest BCUT2D eigenvalue weighted by molar-refractivity contribution is -0.161. The lowest BCUT2D eigenvalue weighted by atomic mass is 10.00. The van der Waals surface area contributed by atoms with E-state index in [0.29, 0.717) is 31.6 Å². The van der Waals surface area contributed by atoms with Crippen molar-refractivity contribution in [2.75, 3.05) is 39.6 Å². The van der Waals surface area contributed by atoms with Crippen LogP contribution in [0.3, 0.4) is 0 Å². The zero-order valence-electron chi connectivity index (χ0n) is 60.9. The fraction of sp³-hybridized carbons (Fsp3) is 0.946. The van der Waals surface area contributed by atoms with Crippen LogP contribution in [-0.4, -0.2) is 96.7 Å². The third-order valence-electron chi connectivity index (χ3n) is 17.4. The average molecular weight is 1370 g/mol. The standard InChI is InChI=1S/C74H144O17P2/c1-9-67(8)53-45-37-32-33-41-49-57-74(79)91-70(61-84-71(76)54-46-38-29-23-19-16-12-14-18-22-27-35-43-51-65(4)5)63-89-93(82,83)87-59-68(75)58-86-92(80,81)88-62-69(60-85-72(77)55-47-39-31-25-28-36-44-52-66(6)7)90-73(78)56-48-40-30-24-20-15-11-10-13-17-21-26-34-42-50-64(2)3/h64-70,75H,9-63H2,1-8H3,(H,80,81)(H,82,83)/t67?,68?,69-,70-/m1/s1. The van der Waals surface area contributed by atoms with Gasteiger partial charge in [0.15, 0.2) is 12.2 Å². The smallest absolute Gasteiger partial charge is 0.462 e. The number of ether oxygens (including phenoxy) is 4. The van der Waals surface area contributed by atoms with Crippen molar-refractivity contribution >= 4 is 39.5 Å². The van der Waals surface area contributed by atoms with Gasteiger partial charge in [-0.05, 0) is 49.4 Å². The number of phosphoric acid groups is 2. The lowest BCUT2D eigenvalue weighted by Crippen LogP contribution is -2.30. The molecule has 0 aromatic rings. The molecule has 17 nitrogen and oxygen atoms in total. The van der Waals surface area contributed by atoms with E-state index in [0.717, 1.165) is 114 Å². The number of hydrogen-bond acceptors (Lipinski definition) is 15. The first-order valence-corrected chi connectivity index (χ1v) is 41.2. The van der Waals surface area contributed by atoms with Crippen molar-refractivity contribution < 1.29 is 80.2 Å². The Hall–Kier alpha value is -1.94. The highest BCUT2D eigenvalue weighted by molar-refractivity contribution is 7.47. The molecule has 0 heterocycles. The van der Waals surface area contributed by atoms with Gasteiger partial charge < -0.3 is 33.8 Å². The molecular weight excluding hydrogens is 1220 g/mol. The van der Waals surface area contributed by atoms with Crippen LogP contribution in [0.4, 0.5) is 0 Å². The van der Waals surface area contributed by atoms with Crippen LogP contribution in [0.15, 0.2) is 0 Å². The fourth-order valence-electron chi connectivity index (χ4n) is 11.2. The molecule has 0 aliphatic rings. The molecule has 0 saturated carbocycles. The van der Waals surface area contributed by atoms with E-state index in [1.54, 1.807) is 0 Å². The monoisotopic (exact) mass is 1370 g/mol. The number of carbonyl (C=O) groups excluding carboxylic acids is 4. The highest BCUT2D eigenvalue weighted by Gasteiger charge is 2.30. The maximum atomic E-state index is 13.0. The number of aliphatic hydroxyl groups is 1. The van der Waals surface area contributed by atoms with Crippen LogP contribution in [0, 0.1) is 23.7 Å². The molecule has 19 heteroatoms. The van der Waals surface area contributed by atoms with Crippen LogP contribution in [0.25, 0.3) is 0 Å². The first kappa shape index (κ1) is 91.1. The average Bonchev–Trinajstić information content (AvgIpc) is 1.69. The highest BCUT2D eigenvalue weighted by atomic mass is 31.2. The Labute approximate surface area is 568 Å². The van der Waals surface area contributed by atoms with Gasteiger partial charge in [0.05, 0.1) is 26.4 Å². The van der Waals surface area contributed by atoms with E-state index in [1.165, 1.54) is 167 Å². The van der Waals surface area contributed by atoms with Crippen LogP contribution in [-0.2, 0) is 65.4 Å². The van der Waals surface area contributed by atoms with Crippen molar-refractivity contribution in [3.8, 4) is 0 Å². The van der Waals surface area contributed by atoms with Gasteiger partial charge >= 0.3 is 39.5 Å². The maximum absolute atomic E-state index is 13.0. The SMILES string of the molecule is CCC(C)CCCCCCCCC(=O)O[C@H](COC(=O)CCCCCCCCCCCCCCCC(C)C)COP(=O)(O)OCC(O)COP(=O)(O)OC[C@@H](COC(=O)CCCCCCCCCC(C)C)OC(=O)CCCCCCCCCCCCCCCCC(C)C. The molecule has 0 radical (unpaired) electrons. The second-order valence-electron chi connectivity index (χ2n) is 28.4. The highest BCUT2D eigenvalue weighted by Crippen LogP contribution is 2.45. The summed E-state index contributed by atoms with van der Waals surface area (Å²) in [6.45, 7) is 14.1. The van der Waals surface area contributed by atoms with Crippen LogP contribution in [0.1, 0.15) is 370 Å². The van der Waals surface area contributed by atoms with E-state index in [-0.39, 0.29) is 25.7 Å². The summed E-state index contributed by atoms with van der Waals surface area (Å²) >= 11 is 0. The zero-order chi connectivity index (χ0) is 68.9. The molecule has 0 saturated heterocycles. The topological polar surface area (TPSA) is 237 Å². The van der Waals surface area contributed by atoms with E-state index in [4.69, 9.17) is 37.0 Å². The van der Waals surface area contributed by atoms with Crippen molar-refractivity contribution in [3.05, 3.63) is 0 Å². The number of aliphatic hydroxyl groups excluding tert-OH is 1. The molecule has 0 aliphatic carbocycles. The number of phosphoric ester groups is 2. The van der Waals surface area contributed by atoms with Gasteiger partial charge in [-0.2, -0.15) is 0 Å². The van der Waals surface area contributed by atoms with E-state index in [2.05, 4.69) is 55.4 Å². The van der Waals surface area contributed by atoms with Gasteiger partial charge in [0.1, 0.15) is 19.3 Å². The third kappa shape index (κ3) is 67.0. The lowest BCUT2D eigenvalue weighted by Gasteiger charge is -2.21. The largest absolute Gasteiger partial charge is 0.472 e. The van der Waals surface area contributed by atoms with Crippen molar-refractivity contribution in [3.63, 3.8) is 0 Å². The maximum Gasteiger partial charge on any atom is 0.472 e. The normalized spacial score (nSPS) is 14.5. The molecule has 0 amide bonds. The second kappa shape index (κ2) is 63.5. The Morgan fingerprint density at radius 3 is 0.763 bits per heavy atom. The second-order valence-corrected chi connectivity index (χ2v) is 31.3. The van der Waals surface area contributed by atoms with Gasteiger partial charge in [-0.1, -0.05) is 319 Å². The van der Waals surface area contributed by atoms with Crippen molar-refractivity contribution in [2.45, 2.75) is 388 Å². The summed E-state index contributed by atoms with van der Waals surface area (Å²) in [5.41, 5.74) is 0. The van der Waals surface area contributed by atoms with Gasteiger partial charge in [0.25, 0.3) is 0 Å². The zero-order valence-corrected chi connectivity index (χ0v) is 62.7. The Morgan fingerprint density at radius 1 is 0.301 bits per heavy atom. The quantitative estimate of drug-likeness (QED) is 0.0222. The first-order valence-electron chi connectivity index (χ1n) is 38.2. The van der Waals surface area contributed by atoms with Gasteiger partial charge in [-0.3, -0.25) is 37.3 Å². The Bertz CT molecular complexity index is 1840. The Balaban J connectivity index is 5.21. The number of carbonyl (C=O) groups is 4. The summed E-state index contributed by atoms with van der Waals surface area (Å²) in [7, 11) is -9.91. The molecule has 0 aromatic carbocycles. The van der Waals surface area contributed by atoms with E-state index in [9.17, 15) is 43.2 Å². The van der Waals surface area contributed by atoms with E-state index in [1.807, 2.05) is 0 Å². The minimum atomic E-state index is -4.95. The molecular formula is C74H144O17P2. The minimum absolute atomic E-state index is 0.103. The summed E-state index contributed by atoms with van der Waals surface area (Å²) in [5.74, 6) is 0.884. The van der Waals surface area contributed by atoms with Crippen molar-refractivity contribution in [2.24, 2.45) is 23.7 Å². The van der Waals surface area contributed by atoms with Crippen LogP contribution < -0.4 is 0 Å². The van der Waals surface area contributed by atoms with Gasteiger partial charge in [-0.25, -0.2) is 9.13 Å². The van der Waals surface area contributed by atoms with E-state index >= 15 is 0 Å². The van der Waals surface area contributed by atoms with Gasteiger partial charge in [-0.15, -0.1) is 0 Å². The van der Waals surface area contributed by atoms with Crippen molar-refractivity contribution in [1.82, 2.24) is 0 Å². The summed E-state index contributed by atoms with van der Waals surface area (Å²) in [6, 6.07) is 0. The minimum Gasteiger partial charge on any atom is -0.462 e. The van der Waals surface area contributed by atoms with Crippen LogP contribution in [0.2, 0.25) is 0 Å². The predicted molar refractivity (Wildman–Crippen MR) is 377 cm³/mol. The summed E-state index contributed by atoms with van der Waals surface area (Å²) in [6.07, 6.45) is 47.3. The Kier molecular flexibility index (Phi) is 62.2. The molecule has 93 heavy (non-hydrogen) atoms. The fourth-order valence-corrected chi connectivity index (χ4v) is 12.7. The molecule has 4 unspecified atom stereocenters. The molecule has 3 N–H and O–H groups in total. The summed E-state index contributed by atoms with van der Waals surface area (Å²) in [4.78, 5) is 72.7. The molecule has 0 fully saturated rings. The van der Waals surface area contributed by atoms with Gasteiger partial charge in [0.2, 0.25) is 0 Å². The Morgan fingerprint density at radius 2 is 0.516 bits per heavy atom. The summed E-state index contributed by atoms with van der Waals surface area (Å²) < 4.78 is 68.4. The first-order chi connectivity index (χ1) is 44.6.